The highest BCUT2D eigenvalue weighted by molar-refractivity contribution is 7.09. The molecule has 74 valence electrons. The number of aromatic nitrogens is 2. The maximum Gasteiger partial charge on any atom is 0.405 e. The third-order valence-corrected chi connectivity index (χ3v) is 2.02. The highest BCUT2D eigenvalue weighted by atomic mass is 32.1. The first-order valence-electron chi connectivity index (χ1n) is 3.25. The number of hydrogen-bond donors (Lipinski definition) is 1. The van der Waals surface area contributed by atoms with Gasteiger partial charge in [-0.25, -0.2) is 0 Å². The fourth-order valence-corrected chi connectivity index (χ4v) is 1.27. The lowest BCUT2D eigenvalue weighted by Crippen LogP contribution is -2.30. The SMILES string of the molecule is CN(CC(F)(F)F)c1nc(N)ns1. The molecule has 13 heavy (non-hydrogen) atoms. The molecule has 0 bridgehead atoms. The van der Waals surface area contributed by atoms with Gasteiger partial charge in [-0.3, -0.25) is 0 Å². The lowest BCUT2D eigenvalue weighted by molar-refractivity contribution is -0.119. The van der Waals surface area contributed by atoms with Gasteiger partial charge in [-0.05, 0) is 0 Å². The zero-order chi connectivity index (χ0) is 10.1. The maximum absolute atomic E-state index is 11.9. The normalized spacial score (nSPS) is 11.7. The fraction of sp³-hybridized carbons (Fsp3) is 0.600. The summed E-state index contributed by atoms with van der Waals surface area (Å²) < 4.78 is 39.2. The minimum Gasteiger partial charge on any atom is -0.367 e. The molecule has 8 heteroatoms. The van der Waals surface area contributed by atoms with Crippen LogP contribution in [0.2, 0.25) is 0 Å². The first-order chi connectivity index (χ1) is 5.88. The number of nitrogen functional groups attached to an aromatic ring is 1. The van der Waals surface area contributed by atoms with Crippen molar-refractivity contribution in [1.82, 2.24) is 9.36 Å². The average molecular weight is 212 g/mol. The summed E-state index contributed by atoms with van der Waals surface area (Å²) in [6.45, 7) is -1.05. The van der Waals surface area contributed by atoms with Crippen LogP contribution in [0.15, 0.2) is 0 Å². The van der Waals surface area contributed by atoms with E-state index in [0.29, 0.717) is 0 Å². The van der Waals surface area contributed by atoms with Crippen LogP contribution in [0, 0.1) is 0 Å². The van der Waals surface area contributed by atoms with Crippen molar-refractivity contribution in [3.05, 3.63) is 0 Å². The Morgan fingerprint density at radius 3 is 2.54 bits per heavy atom. The zero-order valence-corrected chi connectivity index (χ0v) is 7.48. The molecule has 1 aromatic rings. The van der Waals surface area contributed by atoms with Crippen LogP contribution in [0.25, 0.3) is 0 Å². The van der Waals surface area contributed by atoms with Crippen molar-refractivity contribution in [2.24, 2.45) is 0 Å². The summed E-state index contributed by atoms with van der Waals surface area (Å²) in [4.78, 5) is 4.56. The van der Waals surface area contributed by atoms with Crippen LogP contribution in [0.4, 0.5) is 24.3 Å². The lowest BCUT2D eigenvalue weighted by Gasteiger charge is -2.16. The minimum atomic E-state index is -4.24. The summed E-state index contributed by atoms with van der Waals surface area (Å²) in [5.41, 5.74) is 5.16. The Balaban J connectivity index is 2.64. The molecule has 0 saturated carbocycles. The van der Waals surface area contributed by atoms with E-state index in [1.54, 1.807) is 0 Å². The largest absolute Gasteiger partial charge is 0.405 e. The molecule has 0 aliphatic heterocycles. The van der Waals surface area contributed by atoms with Gasteiger partial charge >= 0.3 is 6.18 Å². The van der Waals surface area contributed by atoms with Crippen molar-refractivity contribution in [2.45, 2.75) is 6.18 Å². The second kappa shape index (κ2) is 3.36. The lowest BCUT2D eigenvalue weighted by atomic mass is 10.6. The van der Waals surface area contributed by atoms with Gasteiger partial charge in [0.05, 0.1) is 0 Å². The molecule has 4 nitrogen and oxygen atoms in total. The number of halogens is 3. The molecular formula is C5H7F3N4S. The molecule has 0 spiro atoms. The van der Waals surface area contributed by atoms with Gasteiger partial charge in [0, 0.05) is 18.6 Å². The maximum atomic E-state index is 11.9. The van der Waals surface area contributed by atoms with E-state index in [1.807, 2.05) is 0 Å². The van der Waals surface area contributed by atoms with Gasteiger partial charge < -0.3 is 10.6 Å². The molecular weight excluding hydrogens is 205 g/mol. The molecule has 1 heterocycles. The van der Waals surface area contributed by atoms with E-state index < -0.39 is 12.7 Å². The van der Waals surface area contributed by atoms with Gasteiger partial charge in [0.1, 0.15) is 6.54 Å². The van der Waals surface area contributed by atoms with Crippen LogP contribution in [0.1, 0.15) is 0 Å². The summed E-state index contributed by atoms with van der Waals surface area (Å²) in [6.07, 6.45) is -4.24. The van der Waals surface area contributed by atoms with Gasteiger partial charge in [0.25, 0.3) is 0 Å². The number of alkyl halides is 3. The van der Waals surface area contributed by atoms with E-state index in [4.69, 9.17) is 5.73 Å². The van der Waals surface area contributed by atoms with Crippen molar-refractivity contribution in [3.63, 3.8) is 0 Å². The summed E-state index contributed by atoms with van der Waals surface area (Å²) in [5.74, 6) is -0.00553. The molecule has 0 fully saturated rings. The van der Waals surface area contributed by atoms with Gasteiger partial charge in [-0.15, -0.1) is 0 Å². The van der Waals surface area contributed by atoms with Gasteiger partial charge in [0.2, 0.25) is 11.1 Å². The summed E-state index contributed by atoms with van der Waals surface area (Å²) in [5, 5.41) is 0.162. The molecule has 0 radical (unpaired) electrons. The van der Waals surface area contributed by atoms with Crippen molar-refractivity contribution in [1.29, 1.82) is 0 Å². The summed E-state index contributed by atoms with van der Waals surface area (Å²) in [7, 11) is 1.29. The fourth-order valence-electron chi connectivity index (χ4n) is 0.718. The summed E-state index contributed by atoms with van der Waals surface area (Å²) in [6, 6.07) is 0. The first-order valence-corrected chi connectivity index (χ1v) is 4.03. The molecule has 1 rings (SSSR count). The molecule has 1 aromatic heterocycles. The number of anilines is 2. The van der Waals surface area contributed by atoms with Crippen LogP contribution < -0.4 is 10.6 Å². The highest BCUT2D eigenvalue weighted by Gasteiger charge is 2.30. The molecule has 0 saturated heterocycles. The third kappa shape index (κ3) is 3.05. The molecule has 0 atom stereocenters. The van der Waals surface area contributed by atoms with Crippen LogP contribution >= 0.6 is 11.5 Å². The molecule has 0 amide bonds. The van der Waals surface area contributed by atoms with Gasteiger partial charge in [0.15, 0.2) is 0 Å². The Hall–Kier alpha value is -1.05. The Labute approximate surface area is 76.3 Å². The molecule has 0 aliphatic rings. The van der Waals surface area contributed by atoms with E-state index in [2.05, 4.69) is 9.36 Å². The number of nitrogens with two attached hydrogens (primary N) is 1. The van der Waals surface area contributed by atoms with E-state index in [1.165, 1.54) is 7.05 Å². The summed E-state index contributed by atoms with van der Waals surface area (Å²) >= 11 is 0.838. The Kier molecular flexibility index (Phi) is 2.60. The number of rotatable bonds is 2. The highest BCUT2D eigenvalue weighted by Crippen LogP contribution is 2.22. The minimum absolute atomic E-state index is 0.00553. The van der Waals surface area contributed by atoms with E-state index >= 15 is 0 Å². The van der Waals surface area contributed by atoms with Crippen molar-refractivity contribution < 1.29 is 13.2 Å². The Morgan fingerprint density at radius 1 is 1.54 bits per heavy atom. The van der Waals surface area contributed by atoms with Gasteiger partial charge in [-0.1, -0.05) is 0 Å². The van der Waals surface area contributed by atoms with Crippen molar-refractivity contribution in [3.8, 4) is 0 Å². The standard InChI is InChI=1S/C5H7F3N4S/c1-12(2-5(6,7)8)4-10-3(9)11-13-4/h2H2,1H3,(H2,9,11). The second-order valence-electron chi connectivity index (χ2n) is 2.41. The van der Waals surface area contributed by atoms with Crippen LogP contribution in [0.3, 0.4) is 0 Å². The first kappa shape index (κ1) is 10.0. The van der Waals surface area contributed by atoms with Crippen LogP contribution in [0.5, 0.6) is 0 Å². The average Bonchev–Trinajstić information content (AvgIpc) is 2.31. The zero-order valence-electron chi connectivity index (χ0n) is 6.67. The number of nitrogens with zero attached hydrogens (tertiary/aromatic N) is 3. The Morgan fingerprint density at radius 2 is 2.15 bits per heavy atom. The van der Waals surface area contributed by atoms with Gasteiger partial charge in [-0.2, -0.15) is 22.5 Å². The monoisotopic (exact) mass is 212 g/mol. The predicted octanol–water partition coefficient (Wildman–Crippen LogP) is 1.12. The molecule has 0 unspecified atom stereocenters. The molecule has 0 aromatic carbocycles. The third-order valence-electron chi connectivity index (χ3n) is 1.17. The van der Waals surface area contributed by atoms with Crippen molar-refractivity contribution in [2.75, 3.05) is 24.2 Å². The quantitative estimate of drug-likeness (QED) is 0.798. The van der Waals surface area contributed by atoms with E-state index in [9.17, 15) is 13.2 Å². The van der Waals surface area contributed by atoms with E-state index in [0.717, 1.165) is 16.4 Å². The van der Waals surface area contributed by atoms with Crippen LogP contribution in [-0.2, 0) is 0 Å². The van der Waals surface area contributed by atoms with Crippen molar-refractivity contribution >= 4 is 22.6 Å². The number of hydrogen-bond acceptors (Lipinski definition) is 5. The van der Waals surface area contributed by atoms with E-state index in [-0.39, 0.29) is 11.1 Å². The second-order valence-corrected chi connectivity index (χ2v) is 3.14. The molecule has 0 aliphatic carbocycles. The predicted molar refractivity (Wildman–Crippen MR) is 43.6 cm³/mol. The smallest absolute Gasteiger partial charge is 0.367 e. The molecule has 2 N–H and O–H groups in total. The topological polar surface area (TPSA) is 55.0 Å². The van der Waals surface area contributed by atoms with Crippen LogP contribution in [-0.4, -0.2) is 29.1 Å². The Bertz CT molecular complexity index is 284.